The van der Waals surface area contributed by atoms with Gasteiger partial charge in [-0.1, -0.05) is 6.08 Å². The fraction of sp³-hybridized carbons (Fsp3) is 0.467. The summed E-state index contributed by atoms with van der Waals surface area (Å²) in [6.07, 6.45) is 3.24. The summed E-state index contributed by atoms with van der Waals surface area (Å²) in [5.74, 6) is -2.85. The Morgan fingerprint density at radius 1 is 1.38 bits per heavy atom. The Labute approximate surface area is 131 Å². The number of phenolic OH excluding ortho intramolecular Hbond substituents is 1. The van der Waals surface area contributed by atoms with Gasteiger partial charge in [-0.15, -0.1) is 6.58 Å². The van der Waals surface area contributed by atoms with E-state index in [1.807, 2.05) is 0 Å². The van der Waals surface area contributed by atoms with Crippen LogP contribution in [0.4, 0.5) is 8.78 Å². The Balaban J connectivity index is 2.37. The van der Waals surface area contributed by atoms with E-state index < -0.39 is 17.4 Å². The zero-order valence-corrected chi connectivity index (χ0v) is 13.3. The molecule has 0 radical (unpaired) electrons. The summed E-state index contributed by atoms with van der Waals surface area (Å²) in [5.41, 5.74) is 0.421. The van der Waals surface area contributed by atoms with Gasteiger partial charge in [0, 0.05) is 37.8 Å². The van der Waals surface area contributed by atoms with Crippen LogP contribution in [0.5, 0.6) is 5.75 Å². The van der Waals surface area contributed by atoms with Gasteiger partial charge < -0.3 is 10.4 Å². The summed E-state index contributed by atoms with van der Waals surface area (Å²) in [6.45, 7) is 7.00. The van der Waals surface area contributed by atoms with Crippen molar-refractivity contribution in [2.75, 3.05) is 26.2 Å². The molecule has 2 rings (SSSR count). The zero-order chi connectivity index (χ0) is 15.4. The first kappa shape index (κ1) is 16.4. The number of hydrogen-bond acceptors (Lipinski definition) is 3. The average Bonchev–Trinajstić information content (AvgIpc) is 2.51. The normalized spacial score (nSPS) is 17.7. The molecule has 1 saturated heterocycles. The molecular formula is C15H19BrF2N2O. The van der Waals surface area contributed by atoms with E-state index in [-0.39, 0.29) is 10.5 Å². The topological polar surface area (TPSA) is 35.5 Å². The highest BCUT2D eigenvalue weighted by Gasteiger charge is 2.27. The minimum Gasteiger partial charge on any atom is -0.505 e. The highest BCUT2D eigenvalue weighted by molar-refractivity contribution is 9.10. The van der Waals surface area contributed by atoms with E-state index in [9.17, 15) is 13.9 Å². The quantitative estimate of drug-likeness (QED) is 0.624. The maximum Gasteiger partial charge on any atom is 0.201 e. The van der Waals surface area contributed by atoms with Crippen molar-refractivity contribution < 1.29 is 13.9 Å². The predicted molar refractivity (Wildman–Crippen MR) is 82.3 cm³/mol. The molecule has 0 aromatic heterocycles. The second-order valence-corrected chi connectivity index (χ2v) is 5.95. The molecule has 2 N–H and O–H groups in total. The van der Waals surface area contributed by atoms with Crippen LogP contribution in [0.3, 0.4) is 0 Å². The summed E-state index contributed by atoms with van der Waals surface area (Å²) >= 11 is 3.01. The Morgan fingerprint density at radius 3 is 2.67 bits per heavy atom. The Hall–Kier alpha value is -0.980. The lowest BCUT2D eigenvalue weighted by atomic mass is 9.98. The Morgan fingerprint density at radius 2 is 2.05 bits per heavy atom. The van der Waals surface area contributed by atoms with Gasteiger partial charge in [0.15, 0.2) is 11.6 Å². The molecule has 1 aliphatic heterocycles. The molecule has 1 aliphatic rings. The lowest BCUT2D eigenvalue weighted by molar-refractivity contribution is 0.162. The number of allylic oxidation sites excluding steroid dienone is 1. The first-order valence-corrected chi connectivity index (χ1v) is 7.77. The molecule has 0 spiro atoms. The van der Waals surface area contributed by atoms with E-state index in [1.165, 1.54) is 6.07 Å². The first-order chi connectivity index (χ1) is 10.1. The molecule has 1 aromatic rings. The van der Waals surface area contributed by atoms with Gasteiger partial charge in [0.2, 0.25) is 5.82 Å². The second kappa shape index (κ2) is 7.33. The van der Waals surface area contributed by atoms with Gasteiger partial charge in [-0.2, -0.15) is 4.39 Å². The predicted octanol–water partition coefficient (Wildman–Crippen LogP) is 3.35. The van der Waals surface area contributed by atoms with Gasteiger partial charge in [-0.05, 0) is 34.8 Å². The molecule has 3 nitrogen and oxygen atoms in total. The SMILES string of the molecule is C=CCC[C@H](c1cc(Br)c(F)c(F)c1O)N1CCNCC1. The maximum absolute atomic E-state index is 13.8. The highest BCUT2D eigenvalue weighted by atomic mass is 79.9. The van der Waals surface area contributed by atoms with Crippen molar-refractivity contribution in [3.63, 3.8) is 0 Å². The number of aromatic hydroxyl groups is 1. The van der Waals surface area contributed by atoms with Crippen molar-refractivity contribution in [2.24, 2.45) is 0 Å². The number of nitrogens with one attached hydrogen (secondary N) is 1. The van der Waals surface area contributed by atoms with Crippen LogP contribution in [0, 0.1) is 11.6 Å². The average molecular weight is 361 g/mol. The van der Waals surface area contributed by atoms with Crippen molar-refractivity contribution in [3.8, 4) is 5.75 Å². The molecule has 0 bridgehead atoms. The van der Waals surface area contributed by atoms with Gasteiger partial charge in [-0.25, -0.2) is 4.39 Å². The van der Waals surface area contributed by atoms with Crippen LogP contribution in [0.25, 0.3) is 0 Å². The van der Waals surface area contributed by atoms with Crippen molar-refractivity contribution in [2.45, 2.75) is 18.9 Å². The Kier molecular flexibility index (Phi) is 5.72. The van der Waals surface area contributed by atoms with Crippen LogP contribution in [0.15, 0.2) is 23.2 Å². The van der Waals surface area contributed by atoms with Gasteiger partial charge in [0.25, 0.3) is 0 Å². The summed E-state index contributed by atoms with van der Waals surface area (Å²) in [5, 5.41) is 13.3. The fourth-order valence-corrected chi connectivity index (χ4v) is 3.08. The van der Waals surface area contributed by atoms with E-state index >= 15 is 0 Å². The molecule has 1 heterocycles. The number of halogens is 3. The number of piperazine rings is 1. The van der Waals surface area contributed by atoms with Crippen LogP contribution in [0.2, 0.25) is 0 Å². The van der Waals surface area contributed by atoms with E-state index in [0.29, 0.717) is 12.0 Å². The van der Waals surface area contributed by atoms with E-state index in [1.54, 1.807) is 6.08 Å². The van der Waals surface area contributed by atoms with E-state index in [4.69, 9.17) is 0 Å². The lowest BCUT2D eigenvalue weighted by Crippen LogP contribution is -2.45. The molecule has 0 unspecified atom stereocenters. The summed E-state index contributed by atoms with van der Waals surface area (Å²) in [7, 11) is 0. The minimum absolute atomic E-state index is 0.0338. The van der Waals surface area contributed by atoms with Gasteiger partial charge in [-0.3, -0.25) is 4.90 Å². The molecule has 6 heteroatoms. The summed E-state index contributed by atoms with van der Waals surface area (Å²) in [4.78, 5) is 2.18. The molecule has 0 saturated carbocycles. The van der Waals surface area contributed by atoms with E-state index in [2.05, 4.69) is 32.7 Å². The molecule has 116 valence electrons. The second-order valence-electron chi connectivity index (χ2n) is 5.09. The third-order valence-corrected chi connectivity index (χ3v) is 4.34. The number of rotatable bonds is 5. The first-order valence-electron chi connectivity index (χ1n) is 6.98. The van der Waals surface area contributed by atoms with Crippen LogP contribution < -0.4 is 5.32 Å². The van der Waals surface area contributed by atoms with Crippen molar-refractivity contribution in [1.82, 2.24) is 10.2 Å². The maximum atomic E-state index is 13.8. The smallest absolute Gasteiger partial charge is 0.201 e. The van der Waals surface area contributed by atoms with Crippen molar-refractivity contribution >= 4 is 15.9 Å². The van der Waals surface area contributed by atoms with Crippen LogP contribution in [-0.2, 0) is 0 Å². The third-order valence-electron chi connectivity index (χ3n) is 3.76. The number of nitrogens with zero attached hydrogens (tertiary/aromatic N) is 1. The molecule has 21 heavy (non-hydrogen) atoms. The van der Waals surface area contributed by atoms with Crippen LogP contribution in [-0.4, -0.2) is 36.2 Å². The molecular weight excluding hydrogens is 342 g/mol. The number of benzene rings is 1. The minimum atomic E-state index is -1.20. The zero-order valence-electron chi connectivity index (χ0n) is 11.7. The molecule has 0 aliphatic carbocycles. The molecule has 1 atom stereocenters. The largest absolute Gasteiger partial charge is 0.505 e. The van der Waals surface area contributed by atoms with Gasteiger partial charge >= 0.3 is 0 Å². The summed E-state index contributed by atoms with van der Waals surface area (Å²) < 4.78 is 27.3. The third kappa shape index (κ3) is 3.62. The lowest BCUT2D eigenvalue weighted by Gasteiger charge is -2.35. The Bertz CT molecular complexity index is 519. The van der Waals surface area contributed by atoms with Crippen LogP contribution in [0.1, 0.15) is 24.4 Å². The van der Waals surface area contributed by atoms with Crippen molar-refractivity contribution in [1.29, 1.82) is 0 Å². The molecule has 1 fully saturated rings. The van der Waals surface area contributed by atoms with E-state index in [0.717, 1.165) is 32.6 Å². The molecule has 0 amide bonds. The summed E-state index contributed by atoms with van der Waals surface area (Å²) in [6, 6.07) is 1.32. The number of phenols is 1. The number of hydrogen-bond donors (Lipinski definition) is 2. The monoisotopic (exact) mass is 360 g/mol. The van der Waals surface area contributed by atoms with Crippen molar-refractivity contribution in [3.05, 3.63) is 40.4 Å². The fourth-order valence-electron chi connectivity index (χ4n) is 2.66. The van der Waals surface area contributed by atoms with Gasteiger partial charge in [0.05, 0.1) is 4.47 Å². The standard InChI is InChI=1S/C15H19BrF2N2O/c1-2-3-4-12(20-7-5-19-6-8-20)10-9-11(16)13(17)14(18)15(10)21/h2,9,12,19,21H,1,3-8H2/t12-/m1/s1. The van der Waals surface area contributed by atoms with Gasteiger partial charge in [0.1, 0.15) is 0 Å². The molecule has 1 aromatic carbocycles. The highest BCUT2D eigenvalue weighted by Crippen LogP contribution is 2.38. The van der Waals surface area contributed by atoms with Crippen LogP contribution >= 0.6 is 15.9 Å².